The van der Waals surface area contributed by atoms with Gasteiger partial charge in [0.25, 0.3) is 0 Å². The summed E-state index contributed by atoms with van der Waals surface area (Å²) in [5, 5.41) is 0. The summed E-state index contributed by atoms with van der Waals surface area (Å²) >= 11 is 1.65. The average molecular weight is 272 g/mol. The molecule has 1 rings (SSSR count). The van der Waals surface area contributed by atoms with Gasteiger partial charge in [-0.25, -0.2) is 0 Å². The van der Waals surface area contributed by atoms with E-state index in [1.165, 1.54) is 11.1 Å². The molecule has 1 unspecified atom stereocenters. The summed E-state index contributed by atoms with van der Waals surface area (Å²) in [5.74, 6) is 0. The molecule has 0 radical (unpaired) electrons. The van der Waals surface area contributed by atoms with Gasteiger partial charge in [0, 0.05) is 0 Å². The Morgan fingerprint density at radius 3 is 1.90 bits per heavy atom. The van der Waals surface area contributed by atoms with E-state index in [9.17, 15) is 0 Å². The molecule has 0 amide bonds. The third-order valence-electron chi connectivity index (χ3n) is 2.39. The first-order chi connectivity index (χ1) is 4.45. The van der Waals surface area contributed by atoms with Crippen LogP contribution in [0.25, 0.3) is 0 Å². The number of hydrogen-bond acceptors (Lipinski definition) is 0. The van der Waals surface area contributed by atoms with Gasteiger partial charge < -0.3 is 0 Å². The van der Waals surface area contributed by atoms with Crippen LogP contribution in [-0.2, 0) is 0 Å². The number of rotatable bonds is 0. The first-order valence-corrected chi connectivity index (χ1v) is 4.84. The van der Waals surface area contributed by atoms with Crippen LogP contribution >= 0.6 is 0 Å². The van der Waals surface area contributed by atoms with E-state index in [0.717, 1.165) is 0 Å². The minimum absolute atomic E-state index is 0.397. The molecule has 0 spiro atoms. The Morgan fingerprint density at radius 1 is 1.30 bits per heavy atom. The maximum absolute atomic E-state index is 2.38. The number of allylic oxidation sites excluding steroid dienone is 4. The third kappa shape index (κ3) is 1.37. The molecule has 0 fully saturated rings. The van der Waals surface area contributed by atoms with Crippen molar-refractivity contribution in [2.45, 2.75) is 28.8 Å². The topological polar surface area (TPSA) is 0 Å². The summed E-state index contributed by atoms with van der Waals surface area (Å²) in [4.78, 5) is 0. The van der Waals surface area contributed by atoms with Gasteiger partial charge in [-0.2, -0.15) is 0 Å². The predicted octanol–water partition coefficient (Wildman–Crippen LogP) is 3.01. The molecule has 0 aromatic heterocycles. The van der Waals surface area contributed by atoms with Crippen LogP contribution in [0, 0.1) is 38.3 Å². The van der Waals surface area contributed by atoms with Gasteiger partial charge in [0.05, 0.1) is 0 Å². The third-order valence-corrected chi connectivity index (χ3v) is 3.75. The van der Waals surface area contributed by atoms with Crippen LogP contribution in [0.4, 0.5) is 0 Å². The van der Waals surface area contributed by atoms with Crippen LogP contribution in [0.5, 0.6) is 0 Å². The molecule has 0 aliphatic heterocycles. The molecule has 0 aromatic carbocycles. The second-order valence-corrected chi connectivity index (χ2v) is 5.91. The van der Waals surface area contributed by atoms with Gasteiger partial charge in [0.1, 0.15) is 0 Å². The molecule has 1 aliphatic carbocycles. The van der Waals surface area contributed by atoms with Crippen molar-refractivity contribution in [2.24, 2.45) is 0 Å². The molecular weight excluding hydrogens is 258 g/mol. The van der Waals surface area contributed by atoms with Crippen LogP contribution in [-0.4, -0.2) is 0 Å². The fourth-order valence-electron chi connectivity index (χ4n) is 1.30. The van der Waals surface area contributed by atoms with Crippen LogP contribution in [0.3, 0.4) is 0 Å². The van der Waals surface area contributed by atoms with Crippen LogP contribution in [0.2, 0.25) is 1.13 Å². The Kier molecular flexibility index (Phi) is 2.40. The van der Waals surface area contributed by atoms with Crippen molar-refractivity contribution in [3.63, 3.8) is 0 Å². The van der Waals surface area contributed by atoms with E-state index >= 15 is 0 Å². The first kappa shape index (κ1) is 8.91. The van der Waals surface area contributed by atoms with Crippen LogP contribution < -0.4 is 0 Å². The van der Waals surface area contributed by atoms with Gasteiger partial charge in [-0.3, -0.25) is 0 Å². The van der Waals surface area contributed by atoms with E-state index in [2.05, 4.69) is 33.8 Å². The standard InChI is InChI=1S/C9H13.Sm/c1-6-5-7(2)9(4)8(6)3;/h5H,1-4H3;/q;+2. The minimum atomic E-state index is 0.397. The molecular formula is C9H13Sm+2. The molecule has 0 saturated carbocycles. The van der Waals surface area contributed by atoms with Gasteiger partial charge >= 0.3 is 90.0 Å². The van der Waals surface area contributed by atoms with Crippen molar-refractivity contribution >= 4 is 0 Å². The summed E-state index contributed by atoms with van der Waals surface area (Å²) in [5.41, 5.74) is 4.52. The van der Waals surface area contributed by atoms with Gasteiger partial charge in [-0.15, -0.1) is 0 Å². The summed E-state index contributed by atoms with van der Waals surface area (Å²) in [6.07, 6.45) is 2.38. The van der Waals surface area contributed by atoms with Gasteiger partial charge in [0.15, 0.2) is 0 Å². The Bertz CT molecular complexity index is 219. The van der Waals surface area contributed by atoms with Gasteiger partial charge in [-0.1, -0.05) is 0 Å². The molecule has 53 valence electrons. The monoisotopic (exact) mass is 273 g/mol. The molecule has 0 nitrogen and oxygen atoms in total. The Labute approximate surface area is 89.0 Å². The molecule has 1 atom stereocenters. The van der Waals surface area contributed by atoms with E-state index in [1.807, 2.05) is 0 Å². The summed E-state index contributed by atoms with van der Waals surface area (Å²) in [6.45, 7) is 8.97. The zero-order valence-electron chi connectivity index (χ0n) is 6.99. The summed E-state index contributed by atoms with van der Waals surface area (Å²) < 4.78 is 0.397. The van der Waals surface area contributed by atoms with E-state index in [-0.39, 0.29) is 0 Å². The zero-order chi connectivity index (χ0) is 7.94. The van der Waals surface area contributed by atoms with Crippen molar-refractivity contribution in [1.29, 1.82) is 0 Å². The van der Waals surface area contributed by atoms with E-state index in [0.29, 0.717) is 1.13 Å². The molecule has 1 aliphatic rings. The predicted molar refractivity (Wildman–Crippen MR) is 40.5 cm³/mol. The molecule has 1 heteroatoms. The molecule has 0 saturated heterocycles. The van der Waals surface area contributed by atoms with Crippen molar-refractivity contribution in [2.75, 3.05) is 0 Å². The Morgan fingerprint density at radius 2 is 1.80 bits per heavy atom. The Hall–Kier alpha value is 0.818. The van der Waals surface area contributed by atoms with Crippen molar-refractivity contribution in [3.05, 3.63) is 22.8 Å². The van der Waals surface area contributed by atoms with Gasteiger partial charge in [0.2, 0.25) is 0 Å². The van der Waals surface area contributed by atoms with Crippen LogP contribution in [0.15, 0.2) is 22.8 Å². The molecule has 10 heavy (non-hydrogen) atoms. The maximum atomic E-state index is 2.38. The summed E-state index contributed by atoms with van der Waals surface area (Å²) in [6, 6.07) is 0. The van der Waals surface area contributed by atoms with Gasteiger partial charge in [-0.05, 0) is 0 Å². The van der Waals surface area contributed by atoms with Crippen LogP contribution in [0.1, 0.15) is 27.7 Å². The van der Waals surface area contributed by atoms with E-state index in [1.54, 1.807) is 43.9 Å². The SMILES string of the molecule is CC1=C[C](C)([Sm+2])C(C)=C1C. The van der Waals surface area contributed by atoms with E-state index < -0.39 is 0 Å². The zero-order valence-corrected chi connectivity index (χ0v) is 9.61. The normalized spacial score (nSPS) is 32.9. The fraction of sp³-hybridized carbons (Fsp3) is 0.556. The first-order valence-electron chi connectivity index (χ1n) is 3.53. The quantitative estimate of drug-likeness (QED) is 0.635. The second-order valence-electron chi connectivity index (χ2n) is 3.18. The van der Waals surface area contributed by atoms with Crippen molar-refractivity contribution in [3.8, 4) is 0 Å². The summed E-state index contributed by atoms with van der Waals surface area (Å²) in [7, 11) is 0. The average Bonchev–Trinajstić information content (AvgIpc) is 1.95. The molecule has 0 N–H and O–H groups in total. The van der Waals surface area contributed by atoms with E-state index in [4.69, 9.17) is 0 Å². The fourth-order valence-corrected chi connectivity index (χ4v) is 2.36. The second kappa shape index (κ2) is 2.70. The Balaban J connectivity index is 3.12. The molecule has 0 aromatic rings. The molecule has 0 heterocycles. The number of hydrogen-bond donors (Lipinski definition) is 0. The van der Waals surface area contributed by atoms with Crippen molar-refractivity contribution < 1.29 is 38.3 Å². The molecule has 0 bridgehead atoms. The van der Waals surface area contributed by atoms with Crippen molar-refractivity contribution in [1.82, 2.24) is 0 Å².